The molecule has 6 nitrogen and oxygen atoms in total. The fraction of sp³-hybridized carbons (Fsp3) is 0.125. The number of phenols is 1. The lowest BCUT2D eigenvalue weighted by molar-refractivity contribution is -0.115. The SMILES string of the molecule is CC(=NNC(=O)c1cccc(C)c1O)c1ccc(NC(=O)Cc2ccccc2)cc1. The third-order valence-corrected chi connectivity index (χ3v) is 4.60. The Morgan fingerprint density at radius 1 is 0.933 bits per heavy atom. The predicted octanol–water partition coefficient (Wildman–Crippen LogP) is 4.04. The molecule has 0 spiro atoms. The van der Waals surface area contributed by atoms with E-state index in [9.17, 15) is 14.7 Å². The van der Waals surface area contributed by atoms with E-state index in [4.69, 9.17) is 0 Å². The zero-order chi connectivity index (χ0) is 21.5. The summed E-state index contributed by atoms with van der Waals surface area (Å²) in [7, 11) is 0. The number of aromatic hydroxyl groups is 1. The summed E-state index contributed by atoms with van der Waals surface area (Å²) in [6.45, 7) is 3.49. The summed E-state index contributed by atoms with van der Waals surface area (Å²) >= 11 is 0. The first-order valence-electron chi connectivity index (χ1n) is 9.51. The van der Waals surface area contributed by atoms with Crippen LogP contribution in [0.3, 0.4) is 0 Å². The predicted molar refractivity (Wildman–Crippen MR) is 118 cm³/mol. The molecule has 3 N–H and O–H groups in total. The van der Waals surface area contributed by atoms with Crippen molar-refractivity contribution in [3.05, 3.63) is 95.1 Å². The Kier molecular flexibility index (Phi) is 6.60. The number of hydrazone groups is 1. The van der Waals surface area contributed by atoms with Crippen LogP contribution in [0.15, 0.2) is 77.9 Å². The van der Waals surface area contributed by atoms with Crippen molar-refractivity contribution < 1.29 is 14.7 Å². The minimum Gasteiger partial charge on any atom is -0.507 e. The molecule has 0 saturated heterocycles. The van der Waals surface area contributed by atoms with E-state index in [-0.39, 0.29) is 17.2 Å². The van der Waals surface area contributed by atoms with E-state index in [0.29, 0.717) is 23.4 Å². The van der Waals surface area contributed by atoms with Crippen molar-refractivity contribution in [2.24, 2.45) is 5.10 Å². The molecule has 0 aliphatic heterocycles. The summed E-state index contributed by atoms with van der Waals surface area (Å²) < 4.78 is 0. The van der Waals surface area contributed by atoms with Gasteiger partial charge in [0.05, 0.1) is 17.7 Å². The largest absolute Gasteiger partial charge is 0.507 e. The number of nitrogens with one attached hydrogen (secondary N) is 2. The molecule has 0 fully saturated rings. The zero-order valence-corrected chi connectivity index (χ0v) is 16.8. The maximum atomic E-state index is 12.3. The minimum absolute atomic E-state index is 0.0570. The van der Waals surface area contributed by atoms with E-state index >= 15 is 0 Å². The molecule has 3 rings (SSSR count). The monoisotopic (exact) mass is 401 g/mol. The number of rotatable bonds is 6. The molecule has 0 unspecified atom stereocenters. The number of nitrogens with zero attached hydrogens (tertiary/aromatic N) is 1. The summed E-state index contributed by atoms with van der Waals surface area (Å²) in [6, 6.07) is 21.7. The molecule has 6 heteroatoms. The molecule has 152 valence electrons. The molecule has 0 radical (unpaired) electrons. The Hall–Kier alpha value is -3.93. The fourth-order valence-electron chi connectivity index (χ4n) is 2.88. The number of carbonyl (C=O) groups excluding carboxylic acids is 2. The second kappa shape index (κ2) is 9.52. The molecular formula is C24H23N3O3. The number of carbonyl (C=O) groups is 2. The van der Waals surface area contributed by atoms with Crippen molar-refractivity contribution in [1.82, 2.24) is 5.43 Å². The van der Waals surface area contributed by atoms with E-state index in [2.05, 4.69) is 15.8 Å². The lowest BCUT2D eigenvalue weighted by Gasteiger charge is -2.08. The molecule has 0 bridgehead atoms. The van der Waals surface area contributed by atoms with Crippen LogP contribution < -0.4 is 10.7 Å². The van der Waals surface area contributed by atoms with Crippen LogP contribution in [0.1, 0.15) is 34.0 Å². The fourth-order valence-corrected chi connectivity index (χ4v) is 2.88. The van der Waals surface area contributed by atoms with Crippen LogP contribution >= 0.6 is 0 Å². The van der Waals surface area contributed by atoms with E-state index in [1.807, 2.05) is 42.5 Å². The van der Waals surface area contributed by atoms with E-state index in [1.54, 1.807) is 38.1 Å². The third kappa shape index (κ3) is 5.32. The number of para-hydroxylation sites is 1. The standard InChI is InChI=1S/C24H23N3O3/c1-16-7-6-10-21(23(16)29)24(30)27-26-17(2)19-11-13-20(14-12-19)25-22(28)15-18-8-4-3-5-9-18/h3-14,29H,15H2,1-2H3,(H,25,28)(H,27,30). The normalized spacial score (nSPS) is 11.1. The molecule has 0 aliphatic rings. The van der Waals surface area contributed by atoms with E-state index in [1.165, 1.54) is 6.07 Å². The first kappa shape index (κ1) is 20.8. The first-order valence-corrected chi connectivity index (χ1v) is 9.51. The van der Waals surface area contributed by atoms with Gasteiger partial charge in [-0.2, -0.15) is 5.10 Å². The number of anilines is 1. The highest BCUT2D eigenvalue weighted by atomic mass is 16.3. The van der Waals surface area contributed by atoms with Crippen LogP contribution in [0.2, 0.25) is 0 Å². The van der Waals surface area contributed by atoms with Crippen LogP contribution in [0.5, 0.6) is 5.75 Å². The van der Waals surface area contributed by atoms with Gasteiger partial charge in [0, 0.05) is 5.69 Å². The Bertz CT molecular complexity index is 1070. The number of benzene rings is 3. The van der Waals surface area contributed by atoms with Gasteiger partial charge in [0.2, 0.25) is 5.91 Å². The van der Waals surface area contributed by atoms with Gasteiger partial charge in [-0.05, 0) is 48.7 Å². The van der Waals surface area contributed by atoms with Gasteiger partial charge >= 0.3 is 0 Å². The molecule has 0 atom stereocenters. The molecule has 3 aromatic carbocycles. The lowest BCUT2D eigenvalue weighted by atomic mass is 10.1. The number of aryl methyl sites for hydroxylation is 1. The second-order valence-electron chi connectivity index (χ2n) is 6.90. The summed E-state index contributed by atoms with van der Waals surface area (Å²) in [6.07, 6.45) is 0.306. The van der Waals surface area contributed by atoms with Gasteiger partial charge in [-0.25, -0.2) is 5.43 Å². The molecule has 0 saturated carbocycles. The lowest BCUT2D eigenvalue weighted by Crippen LogP contribution is -2.19. The number of hydrogen-bond acceptors (Lipinski definition) is 4. The number of hydrogen-bond donors (Lipinski definition) is 3. The minimum atomic E-state index is -0.486. The number of amides is 2. The molecule has 0 heterocycles. The van der Waals surface area contributed by atoms with E-state index < -0.39 is 5.91 Å². The van der Waals surface area contributed by atoms with Gasteiger partial charge in [-0.1, -0.05) is 54.6 Å². The second-order valence-corrected chi connectivity index (χ2v) is 6.90. The van der Waals surface area contributed by atoms with Crippen LogP contribution in [0.4, 0.5) is 5.69 Å². The summed E-state index contributed by atoms with van der Waals surface area (Å²) in [5, 5.41) is 17.0. The van der Waals surface area contributed by atoms with Crippen molar-refractivity contribution in [2.45, 2.75) is 20.3 Å². The summed E-state index contributed by atoms with van der Waals surface area (Å²) in [5.41, 5.74) is 6.27. The first-order chi connectivity index (χ1) is 14.4. The van der Waals surface area contributed by atoms with Gasteiger partial charge in [0.15, 0.2) is 0 Å². The van der Waals surface area contributed by atoms with Gasteiger partial charge in [0.1, 0.15) is 5.75 Å². The smallest absolute Gasteiger partial charge is 0.275 e. The average molecular weight is 401 g/mol. The van der Waals surface area contributed by atoms with E-state index in [0.717, 1.165) is 11.1 Å². The van der Waals surface area contributed by atoms with Crippen molar-refractivity contribution >= 4 is 23.2 Å². The maximum Gasteiger partial charge on any atom is 0.275 e. The van der Waals surface area contributed by atoms with Crippen molar-refractivity contribution in [3.63, 3.8) is 0 Å². The van der Waals surface area contributed by atoms with Gasteiger partial charge < -0.3 is 10.4 Å². The zero-order valence-electron chi connectivity index (χ0n) is 16.8. The average Bonchev–Trinajstić information content (AvgIpc) is 2.75. The van der Waals surface area contributed by atoms with Gasteiger partial charge in [-0.3, -0.25) is 9.59 Å². The summed E-state index contributed by atoms with van der Waals surface area (Å²) in [5.74, 6) is -0.636. The van der Waals surface area contributed by atoms with Crippen LogP contribution in [-0.2, 0) is 11.2 Å². The quantitative estimate of drug-likeness (QED) is 0.430. The molecule has 2 amide bonds. The Balaban J connectivity index is 1.60. The number of phenolic OH excluding ortho intramolecular Hbond substituents is 1. The third-order valence-electron chi connectivity index (χ3n) is 4.60. The van der Waals surface area contributed by atoms with Crippen molar-refractivity contribution in [1.29, 1.82) is 0 Å². The highest BCUT2D eigenvalue weighted by Crippen LogP contribution is 2.21. The van der Waals surface area contributed by atoms with Crippen LogP contribution in [-0.4, -0.2) is 22.6 Å². The van der Waals surface area contributed by atoms with Crippen molar-refractivity contribution in [2.75, 3.05) is 5.32 Å². The molecular weight excluding hydrogens is 378 g/mol. The molecule has 0 aliphatic carbocycles. The Morgan fingerprint density at radius 3 is 2.33 bits per heavy atom. The van der Waals surface area contributed by atoms with Gasteiger partial charge in [0.25, 0.3) is 5.91 Å². The molecule has 30 heavy (non-hydrogen) atoms. The Labute approximate surface area is 175 Å². The van der Waals surface area contributed by atoms with Crippen LogP contribution in [0, 0.1) is 6.92 Å². The van der Waals surface area contributed by atoms with Gasteiger partial charge in [-0.15, -0.1) is 0 Å². The highest BCUT2D eigenvalue weighted by molar-refractivity contribution is 6.02. The Morgan fingerprint density at radius 2 is 1.63 bits per heavy atom. The molecule has 0 aromatic heterocycles. The highest BCUT2D eigenvalue weighted by Gasteiger charge is 2.12. The van der Waals surface area contributed by atoms with Crippen molar-refractivity contribution in [3.8, 4) is 5.75 Å². The summed E-state index contributed by atoms with van der Waals surface area (Å²) in [4.78, 5) is 24.4. The maximum absolute atomic E-state index is 12.3. The van der Waals surface area contributed by atoms with Crippen LogP contribution in [0.25, 0.3) is 0 Å². The molecule has 3 aromatic rings. The topological polar surface area (TPSA) is 90.8 Å².